The first-order valence-electron chi connectivity index (χ1n) is 5.40. The third-order valence-corrected chi connectivity index (χ3v) is 2.66. The molecule has 0 heterocycles. The van der Waals surface area contributed by atoms with Crippen LogP contribution in [0.15, 0.2) is 53.7 Å². The molecular weight excluding hydrogens is 253 g/mol. The lowest BCUT2D eigenvalue weighted by atomic mass is 10.2. The van der Waals surface area contributed by atoms with Crippen molar-refractivity contribution < 1.29 is 9.23 Å². The Morgan fingerprint density at radius 3 is 2.56 bits per heavy atom. The monoisotopic (exact) mass is 263 g/mol. The zero-order valence-electron chi connectivity index (χ0n) is 9.51. The summed E-state index contributed by atoms with van der Waals surface area (Å²) in [4.78, 5) is 5.11. The van der Waals surface area contributed by atoms with Crippen molar-refractivity contribution in [3.63, 3.8) is 0 Å². The number of halogens is 2. The van der Waals surface area contributed by atoms with E-state index in [0.717, 1.165) is 11.1 Å². The molecular formula is C14H11ClFNO. The fraction of sp³-hybridized carbons (Fsp3) is 0.0714. The Hall–Kier alpha value is -1.87. The van der Waals surface area contributed by atoms with Crippen molar-refractivity contribution in [2.24, 2.45) is 5.16 Å². The van der Waals surface area contributed by atoms with Gasteiger partial charge in [-0.25, -0.2) is 4.39 Å². The standard InChI is InChI=1S/C14H11ClFNO/c15-14-4-2-1-3-12(14)9-17-18-10-11-5-7-13(16)8-6-11/h1-9H,10H2. The van der Waals surface area contributed by atoms with Gasteiger partial charge in [0.1, 0.15) is 12.4 Å². The molecule has 18 heavy (non-hydrogen) atoms. The number of nitrogens with zero attached hydrogens (tertiary/aromatic N) is 1. The maximum absolute atomic E-state index is 12.7. The van der Waals surface area contributed by atoms with Crippen LogP contribution in [0.1, 0.15) is 11.1 Å². The predicted octanol–water partition coefficient (Wildman–Crippen LogP) is 4.03. The zero-order chi connectivity index (χ0) is 12.8. The number of oxime groups is 1. The third kappa shape index (κ3) is 3.57. The van der Waals surface area contributed by atoms with Crippen molar-refractivity contribution in [1.82, 2.24) is 0 Å². The van der Waals surface area contributed by atoms with Gasteiger partial charge in [-0.05, 0) is 23.8 Å². The highest BCUT2D eigenvalue weighted by Gasteiger charge is 1.95. The summed E-state index contributed by atoms with van der Waals surface area (Å²) in [6.45, 7) is 0.293. The fourth-order valence-electron chi connectivity index (χ4n) is 1.37. The van der Waals surface area contributed by atoms with E-state index >= 15 is 0 Å². The second-order valence-electron chi connectivity index (χ2n) is 3.66. The first kappa shape index (κ1) is 12.6. The SMILES string of the molecule is Fc1ccc(CON=Cc2ccccc2Cl)cc1. The van der Waals surface area contributed by atoms with Gasteiger partial charge in [-0.15, -0.1) is 0 Å². The highest BCUT2D eigenvalue weighted by Crippen LogP contribution is 2.12. The van der Waals surface area contributed by atoms with Crippen LogP contribution in [-0.2, 0) is 11.4 Å². The summed E-state index contributed by atoms with van der Waals surface area (Å²) in [5, 5.41) is 4.43. The fourth-order valence-corrected chi connectivity index (χ4v) is 1.55. The van der Waals surface area contributed by atoms with E-state index in [1.807, 2.05) is 18.2 Å². The molecule has 2 aromatic rings. The van der Waals surface area contributed by atoms with Gasteiger partial charge in [-0.3, -0.25) is 0 Å². The average Bonchev–Trinajstić information content (AvgIpc) is 2.39. The minimum Gasteiger partial charge on any atom is -0.391 e. The van der Waals surface area contributed by atoms with Crippen LogP contribution in [0, 0.1) is 5.82 Å². The Morgan fingerprint density at radius 1 is 1.11 bits per heavy atom. The summed E-state index contributed by atoms with van der Waals surface area (Å²) in [5.41, 5.74) is 1.64. The van der Waals surface area contributed by atoms with Crippen molar-refractivity contribution in [1.29, 1.82) is 0 Å². The maximum Gasteiger partial charge on any atom is 0.142 e. The summed E-state index contributed by atoms with van der Waals surface area (Å²) in [6.07, 6.45) is 1.55. The summed E-state index contributed by atoms with van der Waals surface area (Å²) in [6, 6.07) is 13.4. The molecule has 0 unspecified atom stereocenters. The smallest absolute Gasteiger partial charge is 0.142 e. The molecule has 0 aliphatic rings. The van der Waals surface area contributed by atoms with E-state index in [0.29, 0.717) is 11.6 Å². The van der Waals surface area contributed by atoms with Crippen LogP contribution >= 0.6 is 11.6 Å². The minimum absolute atomic E-state index is 0.265. The largest absolute Gasteiger partial charge is 0.391 e. The van der Waals surface area contributed by atoms with E-state index in [1.54, 1.807) is 24.4 Å². The van der Waals surface area contributed by atoms with Gasteiger partial charge in [0.15, 0.2) is 0 Å². The van der Waals surface area contributed by atoms with Gasteiger partial charge in [-0.2, -0.15) is 0 Å². The predicted molar refractivity (Wildman–Crippen MR) is 70.2 cm³/mol. The highest BCUT2D eigenvalue weighted by molar-refractivity contribution is 6.33. The molecule has 0 bridgehead atoms. The van der Waals surface area contributed by atoms with Crippen molar-refractivity contribution in [2.75, 3.05) is 0 Å². The molecule has 2 nitrogen and oxygen atoms in total. The van der Waals surface area contributed by atoms with Crippen LogP contribution in [0.5, 0.6) is 0 Å². The number of rotatable bonds is 4. The first-order chi connectivity index (χ1) is 8.75. The molecule has 2 aromatic carbocycles. The normalized spacial score (nSPS) is 10.8. The van der Waals surface area contributed by atoms with E-state index in [-0.39, 0.29) is 5.82 Å². The summed E-state index contributed by atoms with van der Waals surface area (Å²) in [5.74, 6) is -0.265. The topological polar surface area (TPSA) is 21.6 Å². The molecule has 0 saturated heterocycles. The number of hydrogen-bond donors (Lipinski definition) is 0. The Kier molecular flexibility index (Phi) is 4.31. The number of hydrogen-bond acceptors (Lipinski definition) is 2. The van der Waals surface area contributed by atoms with Crippen LogP contribution in [0.2, 0.25) is 5.02 Å². The zero-order valence-corrected chi connectivity index (χ0v) is 10.3. The second kappa shape index (κ2) is 6.17. The number of benzene rings is 2. The van der Waals surface area contributed by atoms with E-state index in [4.69, 9.17) is 16.4 Å². The Bertz CT molecular complexity index is 540. The van der Waals surface area contributed by atoms with Crippen molar-refractivity contribution in [3.8, 4) is 0 Å². The van der Waals surface area contributed by atoms with Crippen LogP contribution in [0.4, 0.5) is 4.39 Å². The van der Waals surface area contributed by atoms with E-state index in [1.165, 1.54) is 12.1 Å². The van der Waals surface area contributed by atoms with E-state index in [2.05, 4.69) is 5.16 Å². The van der Waals surface area contributed by atoms with Gasteiger partial charge in [0, 0.05) is 10.6 Å². The molecule has 0 radical (unpaired) electrons. The Labute approximate surface area is 110 Å². The van der Waals surface area contributed by atoms with Crippen LogP contribution < -0.4 is 0 Å². The van der Waals surface area contributed by atoms with Crippen molar-refractivity contribution >= 4 is 17.8 Å². The summed E-state index contributed by atoms with van der Waals surface area (Å²) >= 11 is 5.95. The third-order valence-electron chi connectivity index (χ3n) is 2.32. The highest BCUT2D eigenvalue weighted by atomic mass is 35.5. The molecule has 0 aliphatic carbocycles. The van der Waals surface area contributed by atoms with Gasteiger partial charge >= 0.3 is 0 Å². The first-order valence-corrected chi connectivity index (χ1v) is 5.78. The lowest BCUT2D eigenvalue weighted by Crippen LogP contribution is -1.89. The molecule has 0 saturated carbocycles. The molecule has 2 rings (SSSR count). The van der Waals surface area contributed by atoms with E-state index in [9.17, 15) is 4.39 Å². The lowest BCUT2D eigenvalue weighted by Gasteiger charge is -2.00. The average molecular weight is 264 g/mol. The molecule has 0 atom stereocenters. The summed E-state index contributed by atoms with van der Waals surface area (Å²) < 4.78 is 12.7. The van der Waals surface area contributed by atoms with Crippen molar-refractivity contribution in [3.05, 3.63) is 70.5 Å². The Balaban J connectivity index is 1.89. The quantitative estimate of drug-likeness (QED) is 0.603. The Morgan fingerprint density at radius 2 is 1.83 bits per heavy atom. The van der Waals surface area contributed by atoms with Gasteiger partial charge in [0.25, 0.3) is 0 Å². The minimum atomic E-state index is -0.265. The molecule has 0 aliphatic heterocycles. The molecule has 0 amide bonds. The summed E-state index contributed by atoms with van der Waals surface area (Å²) in [7, 11) is 0. The van der Waals surface area contributed by atoms with Crippen LogP contribution in [0.25, 0.3) is 0 Å². The van der Waals surface area contributed by atoms with Gasteiger partial charge < -0.3 is 4.84 Å². The van der Waals surface area contributed by atoms with Gasteiger partial charge in [0.05, 0.1) is 6.21 Å². The van der Waals surface area contributed by atoms with Gasteiger partial charge in [-0.1, -0.05) is 47.1 Å². The molecule has 0 aromatic heterocycles. The molecule has 92 valence electrons. The van der Waals surface area contributed by atoms with Crippen molar-refractivity contribution in [2.45, 2.75) is 6.61 Å². The lowest BCUT2D eigenvalue weighted by molar-refractivity contribution is 0.132. The second-order valence-corrected chi connectivity index (χ2v) is 4.06. The molecule has 0 spiro atoms. The van der Waals surface area contributed by atoms with Crippen LogP contribution in [-0.4, -0.2) is 6.21 Å². The maximum atomic E-state index is 12.7. The molecule has 0 N–H and O–H groups in total. The molecule has 4 heteroatoms. The van der Waals surface area contributed by atoms with Gasteiger partial charge in [0.2, 0.25) is 0 Å². The van der Waals surface area contributed by atoms with Crippen LogP contribution in [0.3, 0.4) is 0 Å². The molecule has 0 fully saturated rings. The van der Waals surface area contributed by atoms with E-state index < -0.39 is 0 Å².